The van der Waals surface area contributed by atoms with E-state index in [4.69, 9.17) is 9.15 Å². The number of aromatic nitrogens is 1. The molecule has 2 aromatic heterocycles. The Morgan fingerprint density at radius 3 is 2.74 bits per heavy atom. The van der Waals surface area contributed by atoms with E-state index in [1.54, 1.807) is 13.2 Å². The van der Waals surface area contributed by atoms with Crippen LogP contribution in [0.1, 0.15) is 34.3 Å². The molecule has 0 unspecified atom stereocenters. The number of furan rings is 1. The van der Waals surface area contributed by atoms with Gasteiger partial charge in [-0.05, 0) is 62.1 Å². The van der Waals surface area contributed by atoms with Gasteiger partial charge < -0.3 is 23.7 Å². The number of hydrogen-bond acceptors (Lipinski definition) is 5. The standard InChI is InChI=1S/C20H23BrN2O4/c1-5-26-20(25)17-12(2)23(10-13-7-6-8-27-13)16-9-15(21)19(24)14(18(16)17)11-22(3)4/h6-9,24H,5,10-11H2,1-4H3. The van der Waals surface area contributed by atoms with Gasteiger partial charge in [0.15, 0.2) is 0 Å². The first-order valence-electron chi connectivity index (χ1n) is 8.72. The van der Waals surface area contributed by atoms with Crippen LogP contribution in [0.15, 0.2) is 33.4 Å². The second-order valence-corrected chi connectivity index (χ2v) is 7.52. The second kappa shape index (κ2) is 7.78. The van der Waals surface area contributed by atoms with E-state index in [0.717, 1.165) is 17.0 Å². The molecule has 3 aromatic rings. The molecule has 144 valence electrons. The lowest BCUT2D eigenvalue weighted by atomic mass is 10.0. The van der Waals surface area contributed by atoms with Gasteiger partial charge in [-0.2, -0.15) is 0 Å². The van der Waals surface area contributed by atoms with Crippen LogP contribution in [0.5, 0.6) is 5.75 Å². The molecular weight excluding hydrogens is 412 g/mol. The molecule has 3 rings (SSSR count). The monoisotopic (exact) mass is 434 g/mol. The maximum atomic E-state index is 12.8. The Hall–Kier alpha value is -2.25. The number of benzene rings is 1. The minimum Gasteiger partial charge on any atom is -0.506 e. The van der Waals surface area contributed by atoms with Gasteiger partial charge in [-0.25, -0.2) is 4.79 Å². The van der Waals surface area contributed by atoms with Crippen molar-refractivity contribution in [2.24, 2.45) is 0 Å². The third-order valence-corrected chi connectivity index (χ3v) is 5.09. The molecule has 0 saturated carbocycles. The molecule has 0 aliphatic rings. The lowest BCUT2D eigenvalue weighted by Crippen LogP contribution is -2.12. The molecule has 0 aliphatic heterocycles. The van der Waals surface area contributed by atoms with E-state index in [1.807, 2.05) is 48.7 Å². The number of rotatable bonds is 6. The predicted molar refractivity (Wildman–Crippen MR) is 107 cm³/mol. The smallest absolute Gasteiger partial charge is 0.340 e. The first-order chi connectivity index (χ1) is 12.8. The van der Waals surface area contributed by atoms with Crippen molar-refractivity contribution in [1.82, 2.24) is 9.47 Å². The van der Waals surface area contributed by atoms with Crippen LogP contribution in [0.25, 0.3) is 10.9 Å². The highest BCUT2D eigenvalue weighted by atomic mass is 79.9. The molecule has 6 nitrogen and oxygen atoms in total. The van der Waals surface area contributed by atoms with Crippen LogP contribution in [-0.2, 0) is 17.8 Å². The van der Waals surface area contributed by atoms with E-state index < -0.39 is 0 Å². The molecule has 0 bridgehead atoms. The number of phenolic OH excluding ortho intramolecular Hbond substituents is 1. The lowest BCUT2D eigenvalue weighted by Gasteiger charge is -2.15. The Morgan fingerprint density at radius 1 is 1.41 bits per heavy atom. The highest BCUT2D eigenvalue weighted by Gasteiger charge is 2.26. The highest BCUT2D eigenvalue weighted by Crippen LogP contribution is 2.40. The summed E-state index contributed by atoms with van der Waals surface area (Å²) in [5, 5.41) is 11.4. The Morgan fingerprint density at radius 2 is 2.15 bits per heavy atom. The summed E-state index contributed by atoms with van der Waals surface area (Å²) in [6, 6.07) is 5.57. The Bertz CT molecular complexity index is 974. The number of aromatic hydroxyl groups is 1. The summed E-state index contributed by atoms with van der Waals surface area (Å²) in [5.74, 6) is 0.528. The minimum absolute atomic E-state index is 0.136. The minimum atomic E-state index is -0.389. The maximum Gasteiger partial charge on any atom is 0.340 e. The van der Waals surface area contributed by atoms with E-state index >= 15 is 0 Å². The van der Waals surface area contributed by atoms with E-state index in [-0.39, 0.29) is 18.3 Å². The van der Waals surface area contributed by atoms with Gasteiger partial charge in [0.1, 0.15) is 11.5 Å². The zero-order chi connectivity index (χ0) is 19.7. The third-order valence-electron chi connectivity index (χ3n) is 4.49. The molecule has 0 spiro atoms. The van der Waals surface area contributed by atoms with E-state index in [9.17, 15) is 9.90 Å². The summed E-state index contributed by atoms with van der Waals surface area (Å²) < 4.78 is 13.4. The number of nitrogens with zero attached hydrogens (tertiary/aromatic N) is 2. The summed E-state index contributed by atoms with van der Waals surface area (Å²) in [6.07, 6.45) is 1.63. The molecular formula is C20H23BrN2O4. The fourth-order valence-corrected chi connectivity index (χ4v) is 3.81. The van der Waals surface area contributed by atoms with Crippen molar-refractivity contribution >= 4 is 32.8 Å². The van der Waals surface area contributed by atoms with Crippen molar-refractivity contribution in [1.29, 1.82) is 0 Å². The summed E-state index contributed by atoms with van der Waals surface area (Å²) >= 11 is 3.45. The quantitative estimate of drug-likeness (QED) is 0.585. The van der Waals surface area contributed by atoms with Crippen LogP contribution in [0.4, 0.5) is 0 Å². The number of phenols is 1. The molecule has 0 fully saturated rings. The molecule has 0 aliphatic carbocycles. The van der Waals surface area contributed by atoms with Gasteiger partial charge in [-0.3, -0.25) is 0 Å². The first-order valence-corrected chi connectivity index (χ1v) is 9.51. The average Bonchev–Trinajstić information content (AvgIpc) is 3.20. The van der Waals surface area contributed by atoms with Crippen molar-refractivity contribution < 1.29 is 19.1 Å². The number of carbonyl (C=O) groups is 1. The SMILES string of the molecule is CCOC(=O)c1c(C)n(Cc2ccco2)c2cc(Br)c(O)c(CN(C)C)c12. The number of ether oxygens (including phenoxy) is 1. The van der Waals surface area contributed by atoms with Crippen molar-refractivity contribution in [2.75, 3.05) is 20.7 Å². The van der Waals surface area contributed by atoms with Crippen LogP contribution in [-0.4, -0.2) is 41.2 Å². The molecule has 27 heavy (non-hydrogen) atoms. The molecule has 2 heterocycles. The number of halogens is 1. The number of fused-ring (bicyclic) bond motifs is 1. The molecule has 0 saturated heterocycles. The van der Waals surface area contributed by atoms with Crippen LogP contribution in [0, 0.1) is 6.92 Å². The average molecular weight is 435 g/mol. The van der Waals surface area contributed by atoms with Gasteiger partial charge >= 0.3 is 5.97 Å². The first kappa shape index (κ1) is 19.5. The number of hydrogen-bond donors (Lipinski definition) is 1. The summed E-state index contributed by atoms with van der Waals surface area (Å²) in [5.41, 5.74) is 2.79. The fourth-order valence-electron chi connectivity index (χ4n) is 3.35. The summed E-state index contributed by atoms with van der Waals surface area (Å²) in [7, 11) is 3.84. The van der Waals surface area contributed by atoms with Gasteiger partial charge in [0.05, 0.1) is 35.0 Å². The zero-order valence-corrected chi connectivity index (χ0v) is 17.5. The molecule has 7 heteroatoms. The van der Waals surface area contributed by atoms with Gasteiger partial charge in [0, 0.05) is 23.2 Å². The predicted octanol–water partition coefficient (Wildman–Crippen LogP) is 4.30. The number of carbonyl (C=O) groups excluding carboxylic acids is 1. The fraction of sp³-hybridized carbons (Fsp3) is 0.350. The van der Waals surface area contributed by atoms with Crippen molar-refractivity contribution in [3.05, 3.63) is 51.5 Å². The summed E-state index contributed by atoms with van der Waals surface area (Å²) in [4.78, 5) is 14.7. The van der Waals surface area contributed by atoms with Gasteiger partial charge in [-0.15, -0.1) is 0 Å². The Balaban J connectivity index is 2.34. The van der Waals surface area contributed by atoms with E-state index in [2.05, 4.69) is 15.9 Å². The maximum absolute atomic E-state index is 12.8. The topological polar surface area (TPSA) is 67.8 Å². The molecule has 0 amide bonds. The van der Waals surface area contributed by atoms with E-state index in [1.165, 1.54) is 0 Å². The van der Waals surface area contributed by atoms with Gasteiger partial charge in [-0.1, -0.05) is 0 Å². The van der Waals surface area contributed by atoms with Crippen molar-refractivity contribution in [2.45, 2.75) is 26.9 Å². The Kier molecular flexibility index (Phi) is 5.62. The number of esters is 1. The summed E-state index contributed by atoms with van der Waals surface area (Å²) in [6.45, 7) is 4.92. The molecule has 0 atom stereocenters. The largest absolute Gasteiger partial charge is 0.506 e. The molecule has 0 radical (unpaired) electrons. The van der Waals surface area contributed by atoms with Crippen molar-refractivity contribution in [3.63, 3.8) is 0 Å². The second-order valence-electron chi connectivity index (χ2n) is 6.66. The highest BCUT2D eigenvalue weighted by molar-refractivity contribution is 9.10. The normalized spacial score (nSPS) is 11.5. The lowest BCUT2D eigenvalue weighted by molar-refractivity contribution is 0.0527. The molecule has 1 N–H and O–H groups in total. The Labute approximate surface area is 166 Å². The van der Waals surface area contributed by atoms with Gasteiger partial charge in [0.2, 0.25) is 0 Å². The van der Waals surface area contributed by atoms with Gasteiger partial charge in [0.25, 0.3) is 0 Å². The van der Waals surface area contributed by atoms with Crippen LogP contribution in [0.3, 0.4) is 0 Å². The van der Waals surface area contributed by atoms with E-state index in [0.29, 0.717) is 34.1 Å². The third kappa shape index (κ3) is 3.61. The van der Waals surface area contributed by atoms with Crippen LogP contribution < -0.4 is 0 Å². The molecule has 1 aromatic carbocycles. The van der Waals surface area contributed by atoms with Crippen molar-refractivity contribution in [3.8, 4) is 5.75 Å². The van der Waals surface area contributed by atoms with Crippen LogP contribution >= 0.6 is 15.9 Å². The van der Waals surface area contributed by atoms with Crippen LogP contribution in [0.2, 0.25) is 0 Å². The zero-order valence-electron chi connectivity index (χ0n) is 15.9.